The van der Waals surface area contributed by atoms with Crippen LogP contribution in [-0.2, 0) is 4.79 Å². The Bertz CT molecular complexity index is 918. The molecule has 0 bridgehead atoms. The number of carbonyl (C=O) groups is 2. The summed E-state index contributed by atoms with van der Waals surface area (Å²) in [7, 11) is 1.51. The SMILES string of the molecule is COc1ccc(C=O)cc1OCC(=O)NCCC(c1ccccc1)c1ccccc1. The van der Waals surface area contributed by atoms with Crippen molar-refractivity contribution in [3.8, 4) is 11.5 Å². The number of benzene rings is 3. The molecular weight excluding hydrogens is 378 g/mol. The molecule has 1 amide bonds. The number of carbonyl (C=O) groups excluding carboxylic acids is 2. The Morgan fingerprint density at radius 2 is 1.57 bits per heavy atom. The lowest BCUT2D eigenvalue weighted by Crippen LogP contribution is -2.30. The number of rotatable bonds is 10. The zero-order valence-corrected chi connectivity index (χ0v) is 16.9. The van der Waals surface area contributed by atoms with Crippen LogP contribution in [0.2, 0.25) is 0 Å². The molecule has 5 heteroatoms. The van der Waals surface area contributed by atoms with Gasteiger partial charge in [-0.15, -0.1) is 0 Å². The highest BCUT2D eigenvalue weighted by Crippen LogP contribution is 2.28. The first-order valence-corrected chi connectivity index (χ1v) is 9.84. The highest BCUT2D eigenvalue weighted by Gasteiger charge is 2.14. The van der Waals surface area contributed by atoms with E-state index >= 15 is 0 Å². The van der Waals surface area contributed by atoms with Crippen LogP contribution in [-0.4, -0.2) is 32.5 Å². The van der Waals surface area contributed by atoms with Gasteiger partial charge in [0, 0.05) is 18.0 Å². The fraction of sp³-hybridized carbons (Fsp3) is 0.200. The molecule has 0 unspecified atom stereocenters. The van der Waals surface area contributed by atoms with Gasteiger partial charge in [-0.25, -0.2) is 0 Å². The van der Waals surface area contributed by atoms with Crippen molar-refractivity contribution in [3.05, 3.63) is 95.6 Å². The molecule has 0 saturated carbocycles. The second-order valence-electron chi connectivity index (χ2n) is 6.83. The standard InChI is InChI=1S/C25H25NO4/c1-29-23-13-12-19(17-27)16-24(23)30-18-25(28)26-15-14-22(20-8-4-2-5-9-20)21-10-6-3-7-11-21/h2-13,16-17,22H,14-15,18H2,1H3,(H,26,28). The van der Waals surface area contributed by atoms with Gasteiger partial charge in [0.15, 0.2) is 18.1 Å². The van der Waals surface area contributed by atoms with Gasteiger partial charge in [-0.05, 0) is 35.7 Å². The average Bonchev–Trinajstić information content (AvgIpc) is 2.81. The van der Waals surface area contributed by atoms with E-state index in [-0.39, 0.29) is 18.4 Å². The van der Waals surface area contributed by atoms with Crippen LogP contribution in [0.5, 0.6) is 11.5 Å². The van der Waals surface area contributed by atoms with E-state index in [9.17, 15) is 9.59 Å². The maximum Gasteiger partial charge on any atom is 0.257 e. The topological polar surface area (TPSA) is 64.6 Å². The summed E-state index contributed by atoms with van der Waals surface area (Å²) < 4.78 is 10.8. The van der Waals surface area contributed by atoms with E-state index < -0.39 is 0 Å². The Morgan fingerprint density at radius 1 is 0.933 bits per heavy atom. The summed E-state index contributed by atoms with van der Waals surface area (Å²) in [4.78, 5) is 23.2. The molecule has 3 rings (SSSR count). The van der Waals surface area contributed by atoms with Crippen LogP contribution in [0.1, 0.15) is 33.8 Å². The van der Waals surface area contributed by atoms with Crippen LogP contribution in [0, 0.1) is 0 Å². The molecular formula is C25H25NO4. The second kappa shape index (κ2) is 10.8. The third kappa shape index (κ3) is 5.70. The van der Waals surface area contributed by atoms with E-state index in [2.05, 4.69) is 29.6 Å². The summed E-state index contributed by atoms with van der Waals surface area (Å²) in [6, 6.07) is 25.4. The van der Waals surface area contributed by atoms with Crippen molar-refractivity contribution in [1.29, 1.82) is 0 Å². The van der Waals surface area contributed by atoms with Crippen LogP contribution >= 0.6 is 0 Å². The van der Waals surface area contributed by atoms with E-state index in [0.29, 0.717) is 23.6 Å². The second-order valence-corrected chi connectivity index (χ2v) is 6.83. The van der Waals surface area contributed by atoms with Crippen molar-refractivity contribution in [2.45, 2.75) is 12.3 Å². The number of ether oxygens (including phenoxy) is 2. The van der Waals surface area contributed by atoms with E-state index in [0.717, 1.165) is 12.7 Å². The lowest BCUT2D eigenvalue weighted by Gasteiger charge is -2.18. The zero-order valence-electron chi connectivity index (χ0n) is 16.9. The van der Waals surface area contributed by atoms with Gasteiger partial charge in [0.2, 0.25) is 0 Å². The van der Waals surface area contributed by atoms with E-state index in [1.54, 1.807) is 18.2 Å². The molecule has 0 aliphatic heterocycles. The molecule has 0 aliphatic carbocycles. The number of amides is 1. The molecule has 0 heterocycles. The van der Waals surface area contributed by atoms with E-state index in [1.165, 1.54) is 18.2 Å². The molecule has 0 atom stereocenters. The lowest BCUT2D eigenvalue weighted by molar-refractivity contribution is -0.123. The van der Waals surface area contributed by atoms with Crippen LogP contribution < -0.4 is 14.8 Å². The predicted molar refractivity (Wildman–Crippen MR) is 116 cm³/mol. The summed E-state index contributed by atoms with van der Waals surface area (Å²) in [6.07, 6.45) is 1.49. The van der Waals surface area contributed by atoms with Gasteiger partial charge in [0.05, 0.1) is 7.11 Å². The van der Waals surface area contributed by atoms with Crippen LogP contribution in [0.15, 0.2) is 78.9 Å². The Morgan fingerprint density at radius 3 is 2.13 bits per heavy atom. The van der Waals surface area contributed by atoms with E-state index in [1.807, 2.05) is 36.4 Å². The Hall–Kier alpha value is -3.60. The summed E-state index contributed by atoms with van der Waals surface area (Å²) >= 11 is 0. The Labute approximate surface area is 176 Å². The number of aldehydes is 1. The molecule has 0 saturated heterocycles. The maximum atomic E-state index is 12.3. The Balaban J connectivity index is 1.57. The molecule has 3 aromatic rings. The predicted octanol–water partition coefficient (Wildman–Crippen LogP) is 4.22. The molecule has 0 aliphatic rings. The van der Waals surface area contributed by atoms with Crippen LogP contribution in [0.4, 0.5) is 0 Å². The average molecular weight is 403 g/mol. The first-order valence-electron chi connectivity index (χ1n) is 9.84. The number of nitrogens with one attached hydrogen (secondary N) is 1. The first-order chi connectivity index (χ1) is 14.7. The Kier molecular flexibility index (Phi) is 7.61. The van der Waals surface area contributed by atoms with Gasteiger partial charge in [-0.3, -0.25) is 9.59 Å². The van der Waals surface area contributed by atoms with Gasteiger partial charge in [0.25, 0.3) is 5.91 Å². The van der Waals surface area contributed by atoms with Crippen LogP contribution in [0.3, 0.4) is 0 Å². The molecule has 154 valence electrons. The minimum atomic E-state index is -0.228. The molecule has 0 aromatic heterocycles. The van der Waals surface area contributed by atoms with Crippen molar-refractivity contribution < 1.29 is 19.1 Å². The fourth-order valence-electron chi connectivity index (χ4n) is 3.33. The van der Waals surface area contributed by atoms with Crippen molar-refractivity contribution in [2.24, 2.45) is 0 Å². The fourth-order valence-corrected chi connectivity index (χ4v) is 3.33. The molecule has 0 fully saturated rings. The first kappa shape index (κ1) is 21.1. The quantitative estimate of drug-likeness (QED) is 0.515. The molecule has 0 radical (unpaired) electrons. The van der Waals surface area contributed by atoms with Crippen molar-refractivity contribution >= 4 is 12.2 Å². The van der Waals surface area contributed by atoms with Gasteiger partial charge in [-0.1, -0.05) is 60.7 Å². The normalized spacial score (nSPS) is 10.5. The molecule has 0 spiro atoms. The zero-order chi connectivity index (χ0) is 21.2. The molecule has 3 aromatic carbocycles. The highest BCUT2D eigenvalue weighted by molar-refractivity contribution is 5.78. The van der Waals surface area contributed by atoms with Crippen molar-refractivity contribution in [1.82, 2.24) is 5.32 Å². The molecule has 30 heavy (non-hydrogen) atoms. The minimum absolute atomic E-state index is 0.153. The highest BCUT2D eigenvalue weighted by atomic mass is 16.5. The molecule has 5 nitrogen and oxygen atoms in total. The summed E-state index contributed by atoms with van der Waals surface area (Å²) in [5.41, 5.74) is 2.88. The maximum absolute atomic E-state index is 12.3. The largest absolute Gasteiger partial charge is 0.493 e. The number of methoxy groups -OCH3 is 1. The van der Waals surface area contributed by atoms with Gasteiger partial charge in [0.1, 0.15) is 6.29 Å². The van der Waals surface area contributed by atoms with Gasteiger partial charge >= 0.3 is 0 Å². The summed E-state index contributed by atoms with van der Waals surface area (Å²) in [5, 5.41) is 2.91. The van der Waals surface area contributed by atoms with Gasteiger partial charge < -0.3 is 14.8 Å². The van der Waals surface area contributed by atoms with Crippen molar-refractivity contribution in [3.63, 3.8) is 0 Å². The third-order valence-electron chi connectivity index (χ3n) is 4.84. The molecule has 1 N–H and O–H groups in total. The monoisotopic (exact) mass is 403 g/mol. The van der Waals surface area contributed by atoms with Crippen LogP contribution in [0.25, 0.3) is 0 Å². The smallest absolute Gasteiger partial charge is 0.257 e. The minimum Gasteiger partial charge on any atom is -0.493 e. The summed E-state index contributed by atoms with van der Waals surface area (Å²) in [5.74, 6) is 0.803. The summed E-state index contributed by atoms with van der Waals surface area (Å²) in [6.45, 7) is 0.363. The van der Waals surface area contributed by atoms with Crippen molar-refractivity contribution in [2.75, 3.05) is 20.3 Å². The lowest BCUT2D eigenvalue weighted by atomic mass is 9.88. The number of hydrogen-bond donors (Lipinski definition) is 1. The van der Waals surface area contributed by atoms with E-state index in [4.69, 9.17) is 9.47 Å². The number of hydrogen-bond acceptors (Lipinski definition) is 4. The third-order valence-corrected chi connectivity index (χ3v) is 4.84. The van der Waals surface area contributed by atoms with Gasteiger partial charge in [-0.2, -0.15) is 0 Å².